The molecule has 6 nitrogen and oxygen atoms in total. The van der Waals surface area contributed by atoms with E-state index in [9.17, 15) is 9.59 Å². The molecule has 1 saturated heterocycles. The third-order valence-electron chi connectivity index (χ3n) is 2.47. The van der Waals surface area contributed by atoms with Crippen molar-refractivity contribution in [1.82, 2.24) is 15.3 Å². The number of halogens is 1. The molecule has 2 rings (SSSR count). The summed E-state index contributed by atoms with van der Waals surface area (Å²) in [5, 5.41) is 2.56. The zero-order chi connectivity index (χ0) is 13.1. The summed E-state index contributed by atoms with van der Waals surface area (Å²) in [4.78, 5) is 32.6. The number of hydrogen-bond acceptors (Lipinski definition) is 5. The molecule has 1 aromatic heterocycles. The van der Waals surface area contributed by atoms with Crippen molar-refractivity contribution < 1.29 is 9.59 Å². The summed E-state index contributed by atoms with van der Waals surface area (Å²) in [5.41, 5.74) is 0. The normalized spacial score (nSPS) is 15.8. The van der Waals surface area contributed by atoms with Gasteiger partial charge in [-0.2, -0.15) is 0 Å². The summed E-state index contributed by atoms with van der Waals surface area (Å²) in [7, 11) is 0. The highest BCUT2D eigenvalue weighted by Crippen LogP contribution is 2.17. The van der Waals surface area contributed by atoms with E-state index < -0.39 is 0 Å². The number of aryl methyl sites for hydroxylation is 1. The van der Waals surface area contributed by atoms with Crippen LogP contribution >= 0.6 is 11.6 Å². The van der Waals surface area contributed by atoms with E-state index in [4.69, 9.17) is 11.6 Å². The molecule has 1 fully saturated rings. The van der Waals surface area contributed by atoms with Gasteiger partial charge in [0.05, 0.1) is 13.1 Å². The lowest BCUT2D eigenvalue weighted by Crippen LogP contribution is -2.51. The Morgan fingerprint density at radius 2 is 2.00 bits per heavy atom. The van der Waals surface area contributed by atoms with Crippen molar-refractivity contribution in [2.45, 2.75) is 19.8 Å². The van der Waals surface area contributed by atoms with Crippen molar-refractivity contribution in [3.8, 4) is 0 Å². The van der Waals surface area contributed by atoms with Gasteiger partial charge in [-0.1, -0.05) is 18.5 Å². The number of aromatic nitrogens is 2. The van der Waals surface area contributed by atoms with Crippen LogP contribution in [-0.4, -0.2) is 34.9 Å². The molecule has 1 aliphatic rings. The molecule has 0 aromatic carbocycles. The molecule has 2 amide bonds. The predicted molar refractivity (Wildman–Crippen MR) is 66.4 cm³/mol. The zero-order valence-corrected chi connectivity index (χ0v) is 10.7. The number of piperazine rings is 1. The van der Waals surface area contributed by atoms with E-state index in [0.29, 0.717) is 23.2 Å². The fourth-order valence-corrected chi connectivity index (χ4v) is 1.94. The van der Waals surface area contributed by atoms with Crippen molar-refractivity contribution in [3.63, 3.8) is 0 Å². The van der Waals surface area contributed by atoms with Gasteiger partial charge in [-0.25, -0.2) is 9.97 Å². The van der Waals surface area contributed by atoms with Crippen LogP contribution in [-0.2, 0) is 16.0 Å². The zero-order valence-electron chi connectivity index (χ0n) is 9.94. The Kier molecular flexibility index (Phi) is 3.76. The molecular formula is C11H13ClN4O2. The van der Waals surface area contributed by atoms with Gasteiger partial charge in [0.2, 0.25) is 11.8 Å². The van der Waals surface area contributed by atoms with Crippen LogP contribution < -0.4 is 10.2 Å². The van der Waals surface area contributed by atoms with Crippen LogP contribution in [0.2, 0.25) is 5.15 Å². The lowest BCUT2D eigenvalue weighted by atomic mass is 10.3. The average molecular weight is 269 g/mol. The molecule has 1 N–H and O–H groups in total. The van der Waals surface area contributed by atoms with Crippen LogP contribution in [0, 0.1) is 0 Å². The number of rotatable bonds is 3. The van der Waals surface area contributed by atoms with E-state index in [1.807, 2.05) is 6.92 Å². The van der Waals surface area contributed by atoms with E-state index in [1.165, 1.54) is 0 Å². The Bertz CT molecular complexity index is 476. The molecule has 1 aliphatic heterocycles. The molecule has 2 heterocycles. The smallest absolute Gasteiger partial charge is 0.246 e. The first-order chi connectivity index (χ1) is 8.58. The van der Waals surface area contributed by atoms with Gasteiger partial charge in [-0.3, -0.25) is 14.9 Å². The van der Waals surface area contributed by atoms with Crippen molar-refractivity contribution in [1.29, 1.82) is 0 Å². The lowest BCUT2D eigenvalue weighted by Gasteiger charge is -2.26. The van der Waals surface area contributed by atoms with Crippen LogP contribution in [0.25, 0.3) is 0 Å². The molecule has 0 aliphatic carbocycles. The minimum absolute atomic E-state index is 0.102. The second kappa shape index (κ2) is 5.30. The average Bonchev–Trinajstić information content (AvgIpc) is 2.27. The Hall–Kier alpha value is -1.69. The third-order valence-corrected chi connectivity index (χ3v) is 2.67. The van der Waals surface area contributed by atoms with Gasteiger partial charge < -0.3 is 4.90 Å². The van der Waals surface area contributed by atoms with Crippen molar-refractivity contribution in [2.24, 2.45) is 0 Å². The van der Waals surface area contributed by atoms with E-state index >= 15 is 0 Å². The minimum atomic E-state index is -0.335. The molecule has 0 spiro atoms. The Morgan fingerprint density at radius 1 is 1.33 bits per heavy atom. The molecule has 0 radical (unpaired) electrons. The number of carbonyl (C=O) groups is 2. The quantitative estimate of drug-likeness (QED) is 0.640. The number of amides is 2. The second-order valence-electron chi connectivity index (χ2n) is 4.04. The molecule has 0 unspecified atom stereocenters. The maximum Gasteiger partial charge on any atom is 0.246 e. The van der Waals surface area contributed by atoms with Crippen molar-refractivity contribution >= 4 is 29.2 Å². The highest BCUT2D eigenvalue weighted by atomic mass is 35.5. The van der Waals surface area contributed by atoms with Crippen LogP contribution in [0.15, 0.2) is 6.07 Å². The Balaban J connectivity index is 2.26. The van der Waals surface area contributed by atoms with E-state index in [1.54, 1.807) is 11.0 Å². The summed E-state index contributed by atoms with van der Waals surface area (Å²) >= 11 is 5.91. The molecule has 18 heavy (non-hydrogen) atoms. The number of nitrogens with zero attached hydrogens (tertiary/aromatic N) is 3. The number of nitrogens with one attached hydrogen (secondary N) is 1. The number of carbonyl (C=O) groups excluding carboxylic acids is 2. The topological polar surface area (TPSA) is 75.2 Å². The first-order valence-electron chi connectivity index (χ1n) is 5.69. The highest BCUT2D eigenvalue weighted by Gasteiger charge is 2.24. The summed E-state index contributed by atoms with van der Waals surface area (Å²) in [6, 6.07) is 1.56. The van der Waals surface area contributed by atoms with Crippen molar-refractivity contribution in [2.75, 3.05) is 18.0 Å². The van der Waals surface area contributed by atoms with Crippen LogP contribution in [0.3, 0.4) is 0 Å². The van der Waals surface area contributed by atoms with Gasteiger partial charge in [-0.05, 0) is 6.42 Å². The molecule has 1 aromatic rings. The molecule has 7 heteroatoms. The maximum atomic E-state index is 11.3. The minimum Gasteiger partial charge on any atom is -0.338 e. The van der Waals surface area contributed by atoms with Crippen LogP contribution in [0.4, 0.5) is 5.82 Å². The number of anilines is 1. The summed E-state index contributed by atoms with van der Waals surface area (Å²) in [6.07, 6.45) is 1.61. The number of hydrogen-bond donors (Lipinski definition) is 1. The first kappa shape index (κ1) is 12.8. The molecule has 0 saturated carbocycles. The first-order valence-corrected chi connectivity index (χ1v) is 6.07. The summed E-state index contributed by atoms with van der Waals surface area (Å²) < 4.78 is 0. The van der Waals surface area contributed by atoms with Gasteiger partial charge >= 0.3 is 0 Å². The SMILES string of the molecule is CCCc1nc(Cl)cc(N2CC(=O)NC(=O)C2)n1. The monoisotopic (exact) mass is 268 g/mol. The van der Waals surface area contributed by atoms with E-state index in [2.05, 4.69) is 15.3 Å². The molecule has 0 bridgehead atoms. The Labute approximate surface area is 109 Å². The summed E-state index contributed by atoms with van der Waals surface area (Å²) in [5.74, 6) is 0.469. The largest absolute Gasteiger partial charge is 0.338 e. The van der Waals surface area contributed by atoms with Gasteiger partial charge in [0.15, 0.2) is 0 Å². The van der Waals surface area contributed by atoms with Gasteiger partial charge in [0, 0.05) is 12.5 Å². The molecular weight excluding hydrogens is 256 g/mol. The molecule has 96 valence electrons. The fourth-order valence-electron chi connectivity index (χ4n) is 1.75. The van der Waals surface area contributed by atoms with Gasteiger partial charge in [-0.15, -0.1) is 0 Å². The van der Waals surface area contributed by atoms with Crippen LogP contribution in [0.5, 0.6) is 0 Å². The van der Waals surface area contributed by atoms with Gasteiger partial charge in [0.1, 0.15) is 16.8 Å². The third kappa shape index (κ3) is 2.95. The summed E-state index contributed by atoms with van der Waals surface area (Å²) in [6.45, 7) is 2.22. The lowest BCUT2D eigenvalue weighted by molar-refractivity contribution is -0.130. The van der Waals surface area contributed by atoms with Crippen molar-refractivity contribution in [3.05, 3.63) is 17.0 Å². The Morgan fingerprint density at radius 3 is 2.61 bits per heavy atom. The second-order valence-corrected chi connectivity index (χ2v) is 4.43. The molecule has 0 atom stereocenters. The van der Waals surface area contributed by atoms with Crippen LogP contribution in [0.1, 0.15) is 19.2 Å². The maximum absolute atomic E-state index is 11.3. The fraction of sp³-hybridized carbons (Fsp3) is 0.455. The standard InChI is InChI=1S/C11H13ClN4O2/c1-2-3-8-13-7(12)4-9(14-8)16-5-10(17)15-11(18)6-16/h4H,2-3,5-6H2,1H3,(H,15,17,18). The highest BCUT2D eigenvalue weighted by molar-refractivity contribution is 6.29. The van der Waals surface area contributed by atoms with E-state index in [-0.39, 0.29) is 24.9 Å². The predicted octanol–water partition coefficient (Wildman–Crippen LogP) is 0.545. The number of imide groups is 1. The van der Waals surface area contributed by atoms with Gasteiger partial charge in [0.25, 0.3) is 0 Å². The van der Waals surface area contributed by atoms with E-state index in [0.717, 1.165) is 6.42 Å².